The van der Waals surface area contributed by atoms with Crippen molar-refractivity contribution in [3.8, 4) is 11.3 Å². The molecule has 0 spiro atoms. The lowest BCUT2D eigenvalue weighted by Gasteiger charge is -2.04. The van der Waals surface area contributed by atoms with Crippen molar-refractivity contribution in [2.45, 2.75) is 6.92 Å². The van der Waals surface area contributed by atoms with E-state index in [1.165, 1.54) is 25.1 Å². The number of aromatic nitrogens is 1. The maximum Gasteiger partial charge on any atom is 0.159 e. The van der Waals surface area contributed by atoms with Crippen LogP contribution in [0.3, 0.4) is 0 Å². The zero-order chi connectivity index (χ0) is 11.5. The average Bonchev–Trinajstić information content (AvgIpc) is 2.30. The number of carbonyl (C=O) groups excluding carboxylic acids is 1. The van der Waals surface area contributed by atoms with E-state index in [-0.39, 0.29) is 11.6 Å². The molecule has 0 unspecified atom stereocenters. The first-order valence-corrected chi connectivity index (χ1v) is 4.90. The molecule has 2 nitrogen and oxygen atoms in total. The molecule has 1 aromatic carbocycles. The molecule has 0 atom stereocenters. The molecule has 0 aliphatic rings. The van der Waals surface area contributed by atoms with Crippen LogP contribution in [-0.4, -0.2) is 10.8 Å². The van der Waals surface area contributed by atoms with Gasteiger partial charge in [0.15, 0.2) is 5.78 Å². The summed E-state index contributed by atoms with van der Waals surface area (Å²) >= 11 is 0. The maximum absolute atomic E-state index is 13.6. The number of hydrogen-bond acceptors (Lipinski definition) is 2. The van der Waals surface area contributed by atoms with E-state index >= 15 is 0 Å². The average molecular weight is 215 g/mol. The van der Waals surface area contributed by atoms with Crippen LogP contribution in [0.25, 0.3) is 11.3 Å². The molecule has 3 heteroatoms. The molecule has 0 saturated heterocycles. The Balaban J connectivity index is 2.56. The molecule has 1 heterocycles. The molecular weight excluding hydrogens is 205 g/mol. The molecule has 0 aliphatic carbocycles. The Morgan fingerprint density at radius 3 is 2.69 bits per heavy atom. The lowest BCUT2D eigenvalue weighted by atomic mass is 10.0. The molecule has 16 heavy (non-hydrogen) atoms. The van der Waals surface area contributed by atoms with Gasteiger partial charge in [-0.15, -0.1) is 0 Å². The minimum absolute atomic E-state index is 0.0859. The summed E-state index contributed by atoms with van der Waals surface area (Å²) in [4.78, 5) is 15.3. The van der Waals surface area contributed by atoms with Crippen molar-refractivity contribution in [1.29, 1.82) is 0 Å². The van der Waals surface area contributed by atoms with Crippen LogP contribution in [0.4, 0.5) is 4.39 Å². The quantitative estimate of drug-likeness (QED) is 0.720. The van der Waals surface area contributed by atoms with Crippen LogP contribution in [0.1, 0.15) is 17.3 Å². The summed E-state index contributed by atoms with van der Waals surface area (Å²) in [7, 11) is 0. The molecular formula is C13H10FNO. The molecule has 1 aromatic heterocycles. The number of Topliss-reactive ketones (excluding diaryl/α,β-unsaturated/α-hetero) is 1. The fourth-order valence-corrected chi connectivity index (χ4v) is 1.46. The molecule has 0 N–H and O–H groups in total. The van der Waals surface area contributed by atoms with Gasteiger partial charge in [0.2, 0.25) is 0 Å². The second-order valence-electron chi connectivity index (χ2n) is 3.47. The Bertz CT molecular complexity index is 523. The number of hydrogen-bond donors (Lipinski definition) is 0. The Morgan fingerprint density at radius 2 is 2.06 bits per heavy atom. The van der Waals surface area contributed by atoms with E-state index in [4.69, 9.17) is 0 Å². The van der Waals surface area contributed by atoms with Gasteiger partial charge in [-0.2, -0.15) is 0 Å². The third-order valence-electron chi connectivity index (χ3n) is 2.31. The molecule has 0 fully saturated rings. The monoisotopic (exact) mass is 215 g/mol. The second kappa shape index (κ2) is 4.23. The summed E-state index contributed by atoms with van der Waals surface area (Å²) in [5, 5.41) is 0. The highest BCUT2D eigenvalue weighted by molar-refractivity contribution is 5.95. The molecule has 80 valence electrons. The fraction of sp³-hybridized carbons (Fsp3) is 0.0769. The Labute approximate surface area is 92.8 Å². The zero-order valence-electron chi connectivity index (χ0n) is 8.77. The Hall–Kier alpha value is -2.03. The smallest absolute Gasteiger partial charge is 0.159 e. The van der Waals surface area contributed by atoms with Crippen LogP contribution in [0.15, 0.2) is 42.6 Å². The van der Waals surface area contributed by atoms with E-state index in [0.29, 0.717) is 16.8 Å². The van der Waals surface area contributed by atoms with Gasteiger partial charge in [0.25, 0.3) is 0 Å². The molecule has 2 rings (SSSR count). The van der Waals surface area contributed by atoms with Crippen molar-refractivity contribution in [1.82, 2.24) is 4.98 Å². The van der Waals surface area contributed by atoms with Gasteiger partial charge in [-0.1, -0.05) is 6.07 Å². The molecule has 0 radical (unpaired) electrons. The molecule has 0 saturated carbocycles. The number of benzene rings is 1. The number of nitrogens with zero attached hydrogens (tertiary/aromatic N) is 1. The van der Waals surface area contributed by atoms with Gasteiger partial charge in [-0.25, -0.2) is 4.39 Å². The predicted molar refractivity (Wildman–Crippen MR) is 59.6 cm³/mol. The van der Waals surface area contributed by atoms with E-state index in [1.54, 1.807) is 24.4 Å². The van der Waals surface area contributed by atoms with Crippen LogP contribution in [0, 0.1) is 5.82 Å². The highest BCUT2D eigenvalue weighted by atomic mass is 19.1. The summed E-state index contributed by atoms with van der Waals surface area (Å²) < 4.78 is 13.6. The second-order valence-corrected chi connectivity index (χ2v) is 3.47. The summed E-state index contributed by atoms with van der Waals surface area (Å²) in [6.45, 7) is 1.45. The van der Waals surface area contributed by atoms with E-state index < -0.39 is 0 Å². The van der Waals surface area contributed by atoms with Crippen molar-refractivity contribution in [3.05, 3.63) is 54.0 Å². The van der Waals surface area contributed by atoms with Gasteiger partial charge >= 0.3 is 0 Å². The van der Waals surface area contributed by atoms with Gasteiger partial charge < -0.3 is 0 Å². The molecule has 0 aliphatic heterocycles. The van der Waals surface area contributed by atoms with Gasteiger partial charge in [0.05, 0.1) is 5.69 Å². The molecule has 2 aromatic rings. The first-order chi connectivity index (χ1) is 7.68. The molecule has 0 bridgehead atoms. The van der Waals surface area contributed by atoms with E-state index in [1.807, 2.05) is 0 Å². The van der Waals surface area contributed by atoms with E-state index in [9.17, 15) is 9.18 Å². The van der Waals surface area contributed by atoms with Crippen LogP contribution < -0.4 is 0 Å². The number of carbonyl (C=O) groups is 1. The largest absolute Gasteiger partial charge is 0.295 e. The molecule has 0 amide bonds. The topological polar surface area (TPSA) is 30.0 Å². The number of halogens is 1. The highest BCUT2D eigenvalue weighted by Gasteiger charge is 2.08. The van der Waals surface area contributed by atoms with Crippen molar-refractivity contribution < 1.29 is 9.18 Å². The summed E-state index contributed by atoms with van der Waals surface area (Å²) in [5.41, 5.74) is 1.37. The van der Waals surface area contributed by atoms with Crippen LogP contribution in [0.5, 0.6) is 0 Å². The van der Waals surface area contributed by atoms with Gasteiger partial charge in [0, 0.05) is 17.3 Å². The summed E-state index contributed by atoms with van der Waals surface area (Å²) in [6, 6.07) is 9.55. The summed E-state index contributed by atoms with van der Waals surface area (Å²) in [5.74, 6) is -0.458. The Morgan fingerprint density at radius 1 is 1.25 bits per heavy atom. The van der Waals surface area contributed by atoms with Crippen LogP contribution in [-0.2, 0) is 0 Å². The van der Waals surface area contributed by atoms with E-state index in [0.717, 1.165) is 0 Å². The van der Waals surface area contributed by atoms with Gasteiger partial charge in [-0.05, 0) is 37.3 Å². The third-order valence-corrected chi connectivity index (χ3v) is 2.31. The predicted octanol–water partition coefficient (Wildman–Crippen LogP) is 3.09. The lowest BCUT2D eigenvalue weighted by Crippen LogP contribution is -1.95. The fourth-order valence-electron chi connectivity index (χ4n) is 1.46. The summed E-state index contributed by atoms with van der Waals surface area (Å²) in [6.07, 6.45) is 1.59. The normalized spacial score (nSPS) is 10.1. The van der Waals surface area contributed by atoms with Crippen molar-refractivity contribution >= 4 is 5.78 Å². The number of ketones is 1. The minimum Gasteiger partial charge on any atom is -0.295 e. The first kappa shape index (κ1) is 10.5. The Kier molecular flexibility index (Phi) is 2.77. The standard InChI is InChI=1S/C13H10FNO/c1-9(16)10-5-6-12(14)11(8-10)13-4-2-3-7-15-13/h2-8H,1H3. The third kappa shape index (κ3) is 1.98. The maximum atomic E-state index is 13.6. The SMILES string of the molecule is CC(=O)c1ccc(F)c(-c2ccccn2)c1. The van der Waals surface area contributed by atoms with Crippen molar-refractivity contribution in [2.24, 2.45) is 0 Å². The van der Waals surface area contributed by atoms with Crippen molar-refractivity contribution in [2.75, 3.05) is 0 Å². The highest BCUT2D eigenvalue weighted by Crippen LogP contribution is 2.21. The van der Waals surface area contributed by atoms with Crippen molar-refractivity contribution in [3.63, 3.8) is 0 Å². The van der Waals surface area contributed by atoms with Gasteiger partial charge in [0.1, 0.15) is 5.82 Å². The van der Waals surface area contributed by atoms with E-state index in [2.05, 4.69) is 4.98 Å². The minimum atomic E-state index is -0.372. The van der Waals surface area contributed by atoms with Crippen LogP contribution >= 0.6 is 0 Å². The van der Waals surface area contributed by atoms with Crippen LogP contribution in [0.2, 0.25) is 0 Å². The lowest BCUT2D eigenvalue weighted by molar-refractivity contribution is 0.101. The zero-order valence-corrected chi connectivity index (χ0v) is 8.77. The van der Waals surface area contributed by atoms with Gasteiger partial charge in [-0.3, -0.25) is 9.78 Å². The number of rotatable bonds is 2. The number of pyridine rings is 1. The first-order valence-electron chi connectivity index (χ1n) is 4.90.